The molecule has 0 N–H and O–H groups in total. The van der Waals surface area contributed by atoms with Crippen molar-refractivity contribution in [2.75, 3.05) is 5.90 Å². The van der Waals surface area contributed by atoms with Gasteiger partial charge in [0.2, 0.25) is 0 Å². The topological polar surface area (TPSA) is 0 Å². The minimum atomic E-state index is -0.847. The second-order valence-corrected chi connectivity index (χ2v) is 20.6. The second kappa shape index (κ2) is 25.0. The fourth-order valence-corrected chi connectivity index (χ4v) is 15.8. The summed E-state index contributed by atoms with van der Waals surface area (Å²) >= 11 is 0. The normalized spacial score (nSPS) is 10.2. The number of rotatable bonds is 8. The Morgan fingerprint density at radius 3 is 0.800 bits per heavy atom. The summed E-state index contributed by atoms with van der Waals surface area (Å²) in [6.07, 6.45) is 14.7. The first-order chi connectivity index (χ1) is 31.2. The maximum atomic E-state index is 7.35. The first-order valence-corrected chi connectivity index (χ1v) is 24.6. The van der Waals surface area contributed by atoms with Crippen LogP contribution in [0.1, 0.15) is 11.1 Å². The smallest absolute Gasteiger partial charge is 0.366 e. The van der Waals surface area contributed by atoms with Gasteiger partial charge >= 0.3 is 44.8 Å². The molecule has 4 heteroatoms. The first-order valence-electron chi connectivity index (χ1n) is 21.1. The molecule has 0 aromatic heterocycles. The number of fused-ring (bicyclic) bond motifs is 2. The third kappa shape index (κ3) is 12.3. The van der Waals surface area contributed by atoms with Crippen LogP contribution in [0.2, 0.25) is 0 Å². The van der Waals surface area contributed by atoms with Gasteiger partial charge in [-0.25, -0.2) is 0 Å². The van der Waals surface area contributed by atoms with Gasteiger partial charge in [-0.05, 0) is 81.6 Å². The van der Waals surface area contributed by atoms with E-state index in [4.69, 9.17) is 12.8 Å². The predicted octanol–water partition coefficient (Wildman–Crippen LogP) is 13.6. The van der Waals surface area contributed by atoms with Gasteiger partial charge in [-0.15, -0.1) is 23.3 Å². The standard InChI is InChI=1S/C25H22P2.2C18H11.2Au/c1-5-13-22(14-6-1)26(23-15-7-2-8-16-23)21-27(24-17-9-3-10-18-24)25-19-11-4-12-20-25;2*1-2-14-12-13-17(15-8-4-3-5-9-15)18-11-7-6-10-16(14)18;;/h1-20H,21H2;2*3-13H;;/q;2*-1;2*+1/p+2. The van der Waals surface area contributed by atoms with Crippen LogP contribution in [0.5, 0.6) is 0 Å². The largest absolute Gasteiger partial charge is 1.00 e. The monoisotopic (exact) mass is 1230 g/mol. The molecule has 0 radical (unpaired) electrons. The molecule has 0 fully saturated rings. The van der Waals surface area contributed by atoms with Gasteiger partial charge in [0.15, 0.2) is 5.90 Å². The molecular formula is C61H46Au2P2+2. The quantitative estimate of drug-likeness (QED) is 0.0616. The molecule has 10 aromatic rings. The average molecular weight is 1230 g/mol. The van der Waals surface area contributed by atoms with E-state index in [1.807, 2.05) is 84.9 Å². The second-order valence-electron chi connectivity index (χ2n) is 15.0. The van der Waals surface area contributed by atoms with Crippen molar-refractivity contribution in [3.8, 4) is 34.1 Å². The van der Waals surface area contributed by atoms with Gasteiger partial charge in [0.1, 0.15) is 37.1 Å². The maximum Gasteiger partial charge on any atom is 1.00 e. The molecule has 10 aromatic carbocycles. The fourth-order valence-electron chi connectivity index (χ4n) is 8.03. The summed E-state index contributed by atoms with van der Waals surface area (Å²) in [4.78, 5) is 0. The Bertz CT molecular complexity index is 2800. The Kier molecular flexibility index (Phi) is 18.7. The van der Waals surface area contributed by atoms with E-state index in [9.17, 15) is 0 Å². The van der Waals surface area contributed by atoms with Crippen molar-refractivity contribution >= 4 is 58.6 Å². The van der Waals surface area contributed by atoms with Crippen molar-refractivity contribution in [1.29, 1.82) is 0 Å². The molecular weight excluding hydrogens is 1190 g/mol. The van der Waals surface area contributed by atoms with Gasteiger partial charge in [-0.2, -0.15) is 0 Å². The summed E-state index contributed by atoms with van der Waals surface area (Å²) in [6, 6.07) is 89.5. The van der Waals surface area contributed by atoms with Crippen molar-refractivity contribution in [2.24, 2.45) is 0 Å². The van der Waals surface area contributed by atoms with Crippen molar-refractivity contribution in [2.45, 2.75) is 0 Å². The average Bonchev–Trinajstić information content (AvgIpc) is 3.38. The zero-order chi connectivity index (χ0) is 43.1. The van der Waals surface area contributed by atoms with Crippen LogP contribution in [0.25, 0.3) is 43.8 Å². The maximum absolute atomic E-state index is 7.35. The minimum absolute atomic E-state index is 0. The molecule has 10 rings (SSSR count). The Morgan fingerprint density at radius 2 is 0.523 bits per heavy atom. The van der Waals surface area contributed by atoms with E-state index in [2.05, 4.69) is 182 Å². The van der Waals surface area contributed by atoms with Crippen LogP contribution < -0.4 is 21.2 Å². The molecule has 320 valence electrons. The van der Waals surface area contributed by atoms with Crippen molar-refractivity contribution in [1.82, 2.24) is 0 Å². The molecule has 0 spiro atoms. The summed E-state index contributed by atoms with van der Waals surface area (Å²) in [6.45, 7) is 0. The van der Waals surface area contributed by atoms with E-state index in [1.165, 1.54) is 60.1 Å². The zero-order valence-electron chi connectivity index (χ0n) is 35.6. The third-order valence-electron chi connectivity index (χ3n) is 11.1. The van der Waals surface area contributed by atoms with Crippen molar-refractivity contribution in [3.63, 3.8) is 0 Å². The van der Waals surface area contributed by atoms with Gasteiger partial charge in [0.05, 0.1) is 0 Å². The predicted molar refractivity (Wildman–Crippen MR) is 277 cm³/mol. The van der Waals surface area contributed by atoms with E-state index < -0.39 is 15.8 Å². The summed E-state index contributed by atoms with van der Waals surface area (Å²) in [5.74, 6) is 6.24. The number of hydrogen-bond donors (Lipinski definition) is 0. The molecule has 0 amide bonds. The van der Waals surface area contributed by atoms with Crippen molar-refractivity contribution in [3.05, 3.63) is 279 Å². The molecule has 0 bridgehead atoms. The van der Waals surface area contributed by atoms with E-state index >= 15 is 0 Å². The summed E-state index contributed by atoms with van der Waals surface area (Å²) in [5, 5.41) is 10.5. The Labute approximate surface area is 418 Å². The summed E-state index contributed by atoms with van der Waals surface area (Å²) < 4.78 is 0. The van der Waals surface area contributed by atoms with Crippen LogP contribution in [0.3, 0.4) is 0 Å². The van der Waals surface area contributed by atoms with Crippen LogP contribution in [0.4, 0.5) is 0 Å². The molecule has 0 saturated carbocycles. The SMILES string of the molecule is [Au+].[Au+].[C-]#Cc1ccc(-c2ccccc2)c2ccccc12.[C-]#Cc1ccc(-c2ccccc2)c2ccccc12.c1ccc([PH+](C[PH+](c2ccccc2)c2ccccc2)c2ccccc2)cc1. The Balaban J connectivity index is 0.000000164. The molecule has 0 atom stereocenters. The molecule has 0 heterocycles. The molecule has 0 saturated heterocycles. The third-order valence-corrected chi connectivity index (χ3v) is 18.1. The van der Waals surface area contributed by atoms with Crippen LogP contribution in [-0.4, -0.2) is 5.90 Å². The number of hydrogen-bond acceptors (Lipinski definition) is 0. The number of benzene rings is 10. The summed E-state index contributed by atoms with van der Waals surface area (Å²) in [5.41, 5.74) is 6.47. The van der Waals surface area contributed by atoms with Gasteiger partial charge in [-0.1, -0.05) is 205 Å². The molecule has 0 aliphatic heterocycles. The van der Waals surface area contributed by atoms with Gasteiger partial charge in [0.25, 0.3) is 0 Å². The van der Waals surface area contributed by atoms with Crippen LogP contribution in [0, 0.1) is 24.7 Å². The Morgan fingerprint density at radius 1 is 0.277 bits per heavy atom. The molecule has 0 aliphatic carbocycles. The fraction of sp³-hybridized carbons (Fsp3) is 0.0164. The van der Waals surface area contributed by atoms with E-state index in [0.29, 0.717) is 0 Å². The summed E-state index contributed by atoms with van der Waals surface area (Å²) in [7, 11) is -1.69. The first kappa shape index (κ1) is 48.6. The van der Waals surface area contributed by atoms with Gasteiger partial charge in [0, 0.05) is 0 Å². The van der Waals surface area contributed by atoms with Crippen LogP contribution in [-0.2, 0) is 44.8 Å². The molecule has 0 unspecified atom stereocenters. The van der Waals surface area contributed by atoms with Gasteiger partial charge in [-0.3, -0.25) is 11.8 Å². The minimum Gasteiger partial charge on any atom is -0.366 e. The van der Waals surface area contributed by atoms with Crippen molar-refractivity contribution < 1.29 is 44.8 Å². The molecule has 0 aliphatic rings. The zero-order valence-corrected chi connectivity index (χ0v) is 41.9. The van der Waals surface area contributed by atoms with E-state index in [-0.39, 0.29) is 44.8 Å². The van der Waals surface area contributed by atoms with Crippen LogP contribution >= 0.6 is 15.8 Å². The van der Waals surface area contributed by atoms with Gasteiger partial charge < -0.3 is 12.8 Å². The van der Waals surface area contributed by atoms with Crippen LogP contribution in [0.15, 0.2) is 255 Å². The Hall–Kier alpha value is -5.82. The van der Waals surface area contributed by atoms with E-state index in [1.54, 1.807) is 0 Å². The van der Waals surface area contributed by atoms with E-state index in [0.717, 1.165) is 21.9 Å². The molecule has 65 heavy (non-hydrogen) atoms. The molecule has 0 nitrogen and oxygen atoms in total.